The summed E-state index contributed by atoms with van der Waals surface area (Å²) in [5.41, 5.74) is 2.14. The molecule has 1 fully saturated rings. The minimum atomic E-state index is 0.545. The number of nitrogens with zero attached hydrogens (tertiary/aromatic N) is 1. The van der Waals surface area contributed by atoms with E-state index in [9.17, 15) is 0 Å². The molecule has 3 rings (SSSR count). The molecule has 0 spiro atoms. The van der Waals surface area contributed by atoms with Crippen LogP contribution >= 0.6 is 0 Å². The molecule has 2 aromatic rings. The third kappa shape index (κ3) is 4.20. The second-order valence-corrected chi connectivity index (χ2v) is 5.27. The summed E-state index contributed by atoms with van der Waals surface area (Å²) in [4.78, 5) is 4.36. The third-order valence-corrected chi connectivity index (χ3v) is 3.50. The summed E-state index contributed by atoms with van der Waals surface area (Å²) in [7, 11) is 1.67. The number of methoxy groups -OCH3 is 1. The Morgan fingerprint density at radius 2 is 1.95 bits per heavy atom. The number of rotatable bonds is 7. The van der Waals surface area contributed by atoms with Gasteiger partial charge in [0.1, 0.15) is 18.1 Å². The molecule has 0 saturated heterocycles. The largest absolute Gasteiger partial charge is 0.497 e. The van der Waals surface area contributed by atoms with Crippen molar-refractivity contribution in [1.29, 1.82) is 0 Å². The van der Waals surface area contributed by atoms with Gasteiger partial charge in [0.2, 0.25) is 0 Å². The van der Waals surface area contributed by atoms with Gasteiger partial charge in [-0.1, -0.05) is 12.1 Å². The molecule has 0 amide bonds. The quantitative estimate of drug-likeness (QED) is 0.849. The van der Waals surface area contributed by atoms with E-state index in [1.165, 1.54) is 12.8 Å². The van der Waals surface area contributed by atoms with Gasteiger partial charge in [-0.2, -0.15) is 0 Å². The fraction of sp³-hybridized carbons (Fsp3) is 0.353. The van der Waals surface area contributed by atoms with Crippen molar-refractivity contribution >= 4 is 0 Å². The van der Waals surface area contributed by atoms with E-state index in [0.717, 1.165) is 29.3 Å². The molecule has 0 bridgehead atoms. The lowest BCUT2D eigenvalue weighted by atomic mass is 10.2. The molecule has 0 unspecified atom stereocenters. The Hall–Kier alpha value is -2.07. The molecule has 21 heavy (non-hydrogen) atoms. The summed E-state index contributed by atoms with van der Waals surface area (Å²) in [5, 5.41) is 3.45. The van der Waals surface area contributed by atoms with Crippen molar-refractivity contribution < 1.29 is 9.47 Å². The molecule has 0 aliphatic heterocycles. The average Bonchev–Trinajstić information content (AvgIpc) is 3.36. The molecule has 4 nitrogen and oxygen atoms in total. The molecule has 1 aromatic carbocycles. The molecule has 1 aliphatic rings. The normalized spacial score (nSPS) is 14.0. The Kier molecular flexibility index (Phi) is 4.36. The molecule has 1 saturated carbocycles. The molecule has 0 atom stereocenters. The maximum Gasteiger partial charge on any atom is 0.123 e. The fourth-order valence-corrected chi connectivity index (χ4v) is 2.07. The van der Waals surface area contributed by atoms with E-state index < -0.39 is 0 Å². The van der Waals surface area contributed by atoms with Crippen molar-refractivity contribution in [3.05, 3.63) is 53.9 Å². The van der Waals surface area contributed by atoms with Gasteiger partial charge in [-0.25, -0.2) is 0 Å². The molecular formula is C17H20N2O2. The number of benzene rings is 1. The minimum Gasteiger partial charge on any atom is -0.497 e. The number of hydrogen-bond acceptors (Lipinski definition) is 4. The Morgan fingerprint density at radius 3 is 2.67 bits per heavy atom. The zero-order valence-corrected chi connectivity index (χ0v) is 12.2. The van der Waals surface area contributed by atoms with Crippen molar-refractivity contribution in [1.82, 2.24) is 10.3 Å². The van der Waals surface area contributed by atoms with Crippen LogP contribution in [0.25, 0.3) is 0 Å². The number of nitrogens with one attached hydrogen (secondary N) is 1. The molecule has 1 heterocycles. The Labute approximate surface area is 125 Å². The van der Waals surface area contributed by atoms with Gasteiger partial charge in [-0.3, -0.25) is 4.98 Å². The highest BCUT2D eigenvalue weighted by Crippen LogP contribution is 2.20. The smallest absolute Gasteiger partial charge is 0.123 e. The number of aromatic nitrogens is 1. The molecule has 1 aromatic heterocycles. The maximum absolute atomic E-state index is 5.82. The summed E-state index contributed by atoms with van der Waals surface area (Å²) in [5.74, 6) is 1.71. The lowest BCUT2D eigenvalue weighted by Crippen LogP contribution is -2.16. The maximum atomic E-state index is 5.82. The second-order valence-electron chi connectivity index (χ2n) is 5.27. The highest BCUT2D eigenvalue weighted by atomic mass is 16.5. The minimum absolute atomic E-state index is 0.545. The highest BCUT2D eigenvalue weighted by molar-refractivity contribution is 5.28. The second kappa shape index (κ2) is 6.59. The van der Waals surface area contributed by atoms with Gasteiger partial charge < -0.3 is 14.8 Å². The molecule has 1 N–H and O–H groups in total. The third-order valence-electron chi connectivity index (χ3n) is 3.50. The van der Waals surface area contributed by atoms with Crippen molar-refractivity contribution in [3.8, 4) is 11.5 Å². The Balaban J connectivity index is 1.54. The van der Waals surface area contributed by atoms with Gasteiger partial charge in [-0.15, -0.1) is 0 Å². The van der Waals surface area contributed by atoms with Crippen LogP contribution in [-0.2, 0) is 13.2 Å². The van der Waals surface area contributed by atoms with E-state index in [1.54, 1.807) is 13.3 Å². The highest BCUT2D eigenvalue weighted by Gasteiger charge is 2.20. The van der Waals surface area contributed by atoms with Crippen LogP contribution in [-0.4, -0.2) is 18.1 Å². The van der Waals surface area contributed by atoms with Crippen molar-refractivity contribution in [3.63, 3.8) is 0 Å². The van der Waals surface area contributed by atoms with E-state index >= 15 is 0 Å². The van der Waals surface area contributed by atoms with Gasteiger partial charge in [0.25, 0.3) is 0 Å². The SMILES string of the molecule is COc1ccc(COc2ccnc(CNC3CC3)c2)cc1. The molecule has 0 radical (unpaired) electrons. The predicted molar refractivity (Wildman–Crippen MR) is 81.4 cm³/mol. The summed E-state index contributed by atoms with van der Waals surface area (Å²) >= 11 is 0. The zero-order chi connectivity index (χ0) is 14.5. The fourth-order valence-electron chi connectivity index (χ4n) is 2.07. The van der Waals surface area contributed by atoms with Crippen LogP contribution in [0.2, 0.25) is 0 Å². The number of ether oxygens (including phenoxy) is 2. The lowest BCUT2D eigenvalue weighted by molar-refractivity contribution is 0.305. The van der Waals surface area contributed by atoms with Crippen LogP contribution in [0, 0.1) is 0 Å². The van der Waals surface area contributed by atoms with Gasteiger partial charge in [0, 0.05) is 24.8 Å². The first-order valence-corrected chi connectivity index (χ1v) is 7.27. The van der Waals surface area contributed by atoms with Crippen LogP contribution in [0.5, 0.6) is 11.5 Å². The first kappa shape index (κ1) is 13.9. The van der Waals surface area contributed by atoms with Crippen molar-refractivity contribution in [2.24, 2.45) is 0 Å². The topological polar surface area (TPSA) is 43.4 Å². The van der Waals surface area contributed by atoms with Gasteiger partial charge in [0.15, 0.2) is 0 Å². The van der Waals surface area contributed by atoms with Crippen LogP contribution in [0.4, 0.5) is 0 Å². The molecule has 110 valence electrons. The van der Waals surface area contributed by atoms with E-state index in [2.05, 4.69) is 10.3 Å². The lowest BCUT2D eigenvalue weighted by Gasteiger charge is -2.09. The summed E-state index contributed by atoms with van der Waals surface area (Å²) in [6, 6.07) is 12.5. The number of hydrogen-bond donors (Lipinski definition) is 1. The summed E-state index contributed by atoms with van der Waals surface area (Å²) in [6.45, 7) is 1.36. The van der Waals surface area contributed by atoms with E-state index in [4.69, 9.17) is 9.47 Å². The van der Waals surface area contributed by atoms with Crippen LogP contribution in [0.1, 0.15) is 24.1 Å². The standard InChI is InChI=1S/C17H20N2O2/c1-20-16-6-2-13(3-7-16)12-21-17-8-9-18-15(10-17)11-19-14-4-5-14/h2-3,6-10,14,19H,4-5,11-12H2,1H3. The monoisotopic (exact) mass is 284 g/mol. The van der Waals surface area contributed by atoms with E-state index in [1.807, 2.05) is 36.4 Å². The van der Waals surface area contributed by atoms with Gasteiger partial charge in [0.05, 0.1) is 12.8 Å². The van der Waals surface area contributed by atoms with Crippen LogP contribution in [0.15, 0.2) is 42.6 Å². The van der Waals surface area contributed by atoms with Crippen molar-refractivity contribution in [2.45, 2.75) is 32.0 Å². The summed E-state index contributed by atoms with van der Waals surface area (Å²) < 4.78 is 11.0. The van der Waals surface area contributed by atoms with E-state index in [0.29, 0.717) is 12.6 Å². The van der Waals surface area contributed by atoms with E-state index in [-0.39, 0.29) is 0 Å². The van der Waals surface area contributed by atoms with Crippen LogP contribution < -0.4 is 14.8 Å². The zero-order valence-electron chi connectivity index (χ0n) is 12.2. The van der Waals surface area contributed by atoms with Crippen molar-refractivity contribution in [2.75, 3.05) is 7.11 Å². The Morgan fingerprint density at radius 1 is 1.14 bits per heavy atom. The predicted octanol–water partition coefficient (Wildman–Crippen LogP) is 2.92. The Bertz CT molecular complexity index is 580. The molecule has 1 aliphatic carbocycles. The molecule has 4 heteroatoms. The first-order valence-electron chi connectivity index (χ1n) is 7.27. The van der Waals surface area contributed by atoms with Gasteiger partial charge in [-0.05, 0) is 36.6 Å². The summed E-state index contributed by atoms with van der Waals surface area (Å²) in [6.07, 6.45) is 4.37. The van der Waals surface area contributed by atoms with Gasteiger partial charge >= 0.3 is 0 Å². The first-order chi connectivity index (χ1) is 10.3. The average molecular weight is 284 g/mol. The number of pyridine rings is 1. The molecular weight excluding hydrogens is 264 g/mol. The van der Waals surface area contributed by atoms with Crippen LogP contribution in [0.3, 0.4) is 0 Å².